The highest BCUT2D eigenvalue weighted by Crippen LogP contribution is 2.67. The minimum Gasteiger partial charge on any atom is -0.503 e. The number of nitrogens with zero attached hydrogens (tertiary/aromatic N) is 2. The van der Waals surface area contributed by atoms with Crippen LogP contribution in [-0.4, -0.2) is 70.2 Å². The van der Waals surface area contributed by atoms with Crippen LogP contribution in [0.1, 0.15) is 35.4 Å². The Bertz CT molecular complexity index is 2150. The zero-order valence-electron chi connectivity index (χ0n) is 28.4. The van der Waals surface area contributed by atoms with Gasteiger partial charge in [-0.05, 0) is 98.1 Å². The molecule has 0 bridgehead atoms. The van der Waals surface area contributed by atoms with Gasteiger partial charge < -0.3 is 19.3 Å². The normalized spacial score (nSPS) is 27.9. The van der Waals surface area contributed by atoms with E-state index in [1.807, 2.05) is 48.6 Å². The molecule has 15 heteroatoms. The highest BCUT2D eigenvalue weighted by Gasteiger charge is 2.76. The van der Waals surface area contributed by atoms with Crippen LogP contribution in [0.2, 0.25) is 0 Å². The zero-order valence-corrected chi connectivity index (χ0v) is 34.6. The van der Waals surface area contributed by atoms with Crippen molar-refractivity contribution in [2.45, 2.75) is 28.5 Å². The van der Waals surface area contributed by atoms with Crippen molar-refractivity contribution in [2.75, 3.05) is 31.7 Å². The van der Waals surface area contributed by atoms with E-state index in [9.17, 15) is 24.3 Å². The first-order valence-electron chi connectivity index (χ1n) is 16.4. The molecule has 2 heterocycles. The summed E-state index contributed by atoms with van der Waals surface area (Å²) >= 11 is 25.0. The van der Waals surface area contributed by atoms with Gasteiger partial charge >= 0.3 is 0 Å². The van der Waals surface area contributed by atoms with Crippen LogP contribution in [0.4, 0.5) is 5.69 Å². The standard InChI is InChI=1S/C38H31Br3Cl2N2O8/c1-51-21-10-13-26(52-2)19(14-21)7-4-18-5-8-20(9-6-18)45-33(47)23-12-11-22-25(28(23)34(45)48)16-37(42)35(49)44(17-39)36(50)38(37,43)29(22)24-15-27(53-3)32(46)31(41)30(24)40/h4-11,13-15,23,25,28-29,46H,12,16-17H2,1-3H3/t23-,25+,28-,29+,37+,38-/m0/s1. The van der Waals surface area contributed by atoms with E-state index in [1.54, 1.807) is 26.4 Å². The van der Waals surface area contributed by atoms with Gasteiger partial charge in [-0.3, -0.25) is 29.0 Å². The van der Waals surface area contributed by atoms with Crippen molar-refractivity contribution >= 4 is 112 Å². The molecule has 1 N–H and O–H groups in total. The van der Waals surface area contributed by atoms with Gasteiger partial charge in [0.05, 0.1) is 48.8 Å². The maximum atomic E-state index is 14.5. The molecule has 276 valence electrons. The van der Waals surface area contributed by atoms with Gasteiger partial charge in [-0.2, -0.15) is 0 Å². The van der Waals surface area contributed by atoms with Crippen LogP contribution in [0.3, 0.4) is 0 Å². The fourth-order valence-electron chi connectivity index (χ4n) is 8.22. The van der Waals surface area contributed by atoms with Crippen LogP contribution in [-0.2, 0) is 19.2 Å². The van der Waals surface area contributed by atoms with Gasteiger partial charge in [0.15, 0.2) is 21.2 Å². The zero-order chi connectivity index (χ0) is 38.1. The number of carbonyl (C=O) groups excluding carboxylic acids is 4. The third-order valence-electron chi connectivity index (χ3n) is 10.8. The number of allylic oxidation sites excluding steroid dienone is 2. The average molecular weight is 954 g/mol. The Balaban J connectivity index is 1.27. The van der Waals surface area contributed by atoms with Gasteiger partial charge in [0, 0.05) is 16.0 Å². The summed E-state index contributed by atoms with van der Waals surface area (Å²) in [6.45, 7) is 0. The quantitative estimate of drug-likeness (QED) is 0.0793. The number of amides is 4. The molecule has 53 heavy (non-hydrogen) atoms. The number of benzene rings is 3. The number of imide groups is 2. The van der Waals surface area contributed by atoms with Crippen molar-refractivity contribution in [1.29, 1.82) is 0 Å². The molecule has 0 radical (unpaired) electrons. The van der Waals surface area contributed by atoms with Crippen LogP contribution in [0.25, 0.3) is 12.2 Å². The number of phenols is 1. The van der Waals surface area contributed by atoms with Crippen molar-refractivity contribution in [3.63, 3.8) is 0 Å². The highest BCUT2D eigenvalue weighted by atomic mass is 79.9. The lowest BCUT2D eigenvalue weighted by atomic mass is 9.56. The van der Waals surface area contributed by atoms with Crippen molar-refractivity contribution in [1.82, 2.24) is 4.90 Å². The Hall–Kier alpha value is -3.36. The van der Waals surface area contributed by atoms with Gasteiger partial charge in [0.2, 0.25) is 11.8 Å². The van der Waals surface area contributed by atoms with Gasteiger partial charge in [-0.25, -0.2) is 0 Å². The fraction of sp³-hybridized carbons (Fsp3) is 0.316. The number of hydrogen-bond donors (Lipinski definition) is 1. The maximum absolute atomic E-state index is 14.5. The lowest BCUT2D eigenvalue weighted by molar-refractivity contribution is -0.138. The van der Waals surface area contributed by atoms with Crippen molar-refractivity contribution in [3.8, 4) is 23.0 Å². The van der Waals surface area contributed by atoms with Crippen LogP contribution in [0, 0.1) is 17.8 Å². The second-order valence-corrected chi connectivity index (χ2v) is 16.5. The Morgan fingerprint density at radius 1 is 0.868 bits per heavy atom. The van der Waals surface area contributed by atoms with Crippen LogP contribution < -0.4 is 19.1 Å². The summed E-state index contributed by atoms with van der Waals surface area (Å²) in [5.41, 5.74) is 2.89. The first-order chi connectivity index (χ1) is 25.3. The minimum atomic E-state index is -2.03. The summed E-state index contributed by atoms with van der Waals surface area (Å²) in [5.74, 6) is -4.38. The van der Waals surface area contributed by atoms with Gasteiger partial charge in [0.1, 0.15) is 11.5 Å². The number of hydrogen-bond acceptors (Lipinski definition) is 8. The van der Waals surface area contributed by atoms with E-state index in [1.165, 1.54) is 18.1 Å². The number of anilines is 1. The summed E-state index contributed by atoms with van der Waals surface area (Å²) in [6.07, 6.45) is 5.65. The molecule has 6 atom stereocenters. The summed E-state index contributed by atoms with van der Waals surface area (Å²) in [6, 6.07) is 14.1. The first-order valence-corrected chi connectivity index (χ1v) is 19.9. The number of halogens is 5. The fourth-order valence-corrected chi connectivity index (χ4v) is 10.6. The Kier molecular flexibility index (Phi) is 10.1. The largest absolute Gasteiger partial charge is 0.503 e. The predicted octanol–water partition coefficient (Wildman–Crippen LogP) is 8.03. The third kappa shape index (κ3) is 5.58. The molecule has 2 aliphatic carbocycles. The van der Waals surface area contributed by atoms with E-state index in [0.29, 0.717) is 32.8 Å². The molecule has 3 aromatic carbocycles. The van der Waals surface area contributed by atoms with Crippen molar-refractivity contribution in [2.24, 2.45) is 17.8 Å². The molecule has 0 spiro atoms. The minimum absolute atomic E-state index is 0.0836. The lowest BCUT2D eigenvalue weighted by Gasteiger charge is -2.51. The number of methoxy groups -OCH3 is 3. The molecule has 3 aromatic rings. The number of ether oxygens (including phenoxy) is 3. The summed E-state index contributed by atoms with van der Waals surface area (Å²) in [5, 5.41) is 10.8. The van der Waals surface area contributed by atoms with Crippen LogP contribution in [0.5, 0.6) is 23.0 Å². The molecule has 4 amide bonds. The Morgan fingerprint density at radius 2 is 1.57 bits per heavy atom. The summed E-state index contributed by atoms with van der Waals surface area (Å²) in [7, 11) is 4.56. The molecule has 2 aliphatic heterocycles. The van der Waals surface area contributed by atoms with E-state index in [4.69, 9.17) is 37.4 Å². The topological polar surface area (TPSA) is 123 Å². The number of likely N-dealkylation sites (tertiary alicyclic amines) is 1. The van der Waals surface area contributed by atoms with E-state index in [0.717, 1.165) is 16.0 Å². The maximum Gasteiger partial charge on any atom is 0.254 e. The van der Waals surface area contributed by atoms with Gasteiger partial charge in [-0.1, -0.05) is 51.9 Å². The Morgan fingerprint density at radius 3 is 2.21 bits per heavy atom. The summed E-state index contributed by atoms with van der Waals surface area (Å²) in [4.78, 5) is 54.9. The smallest absolute Gasteiger partial charge is 0.254 e. The highest BCUT2D eigenvalue weighted by molar-refractivity contribution is 9.13. The molecule has 0 aromatic heterocycles. The molecule has 7 rings (SSSR count). The SMILES string of the molecule is COc1ccc(OC)c(C=Cc2ccc(N3C(=O)[C@H]4[C@H](CC=C5[C@H]4C[C@@]4(Cl)C(=O)N(CBr)C(=O)[C@@]4(Cl)[C@H]5c4cc(OC)c(O)c(Br)c4Br)C3=O)cc2)c1. The third-order valence-corrected chi connectivity index (χ3v) is 14.8. The van der Waals surface area contributed by atoms with E-state index in [2.05, 4.69) is 47.8 Å². The number of fused-ring (bicyclic) bond motifs is 4. The first kappa shape index (κ1) is 37.9. The Labute approximate surface area is 340 Å². The van der Waals surface area contributed by atoms with E-state index >= 15 is 0 Å². The second kappa shape index (κ2) is 14.1. The molecule has 0 unspecified atom stereocenters. The summed E-state index contributed by atoms with van der Waals surface area (Å²) < 4.78 is 16.9. The molecule has 1 saturated carbocycles. The van der Waals surface area contributed by atoms with Crippen LogP contribution >= 0.6 is 71.0 Å². The number of aromatic hydroxyl groups is 1. The van der Waals surface area contributed by atoms with Gasteiger partial charge in [-0.15, -0.1) is 23.2 Å². The molecular weight excluding hydrogens is 923 g/mol. The van der Waals surface area contributed by atoms with Crippen molar-refractivity contribution < 1.29 is 38.5 Å². The number of rotatable bonds is 8. The molecule has 4 aliphatic rings. The average Bonchev–Trinajstić information content (AvgIpc) is 3.50. The van der Waals surface area contributed by atoms with E-state index < -0.39 is 51.1 Å². The van der Waals surface area contributed by atoms with Gasteiger partial charge in [0.25, 0.3) is 11.8 Å². The molecule has 3 fully saturated rings. The molecule has 10 nitrogen and oxygen atoms in total. The second-order valence-electron chi connectivity index (χ2n) is 13.2. The number of phenolic OH excluding ortho intramolecular Hbond substituents is 1. The number of carbonyl (C=O) groups is 4. The monoisotopic (exact) mass is 950 g/mol. The lowest BCUT2D eigenvalue weighted by Crippen LogP contribution is -2.60. The van der Waals surface area contributed by atoms with Crippen LogP contribution in [0.15, 0.2) is 69.1 Å². The van der Waals surface area contributed by atoms with E-state index in [-0.39, 0.29) is 40.2 Å². The predicted molar refractivity (Wildman–Crippen MR) is 211 cm³/mol. The molecular formula is C38H31Br3Cl2N2O8. The number of alkyl halides is 3. The van der Waals surface area contributed by atoms with Crippen molar-refractivity contribution in [3.05, 3.63) is 85.8 Å². The molecule has 2 saturated heterocycles.